The van der Waals surface area contributed by atoms with Crippen LogP contribution in [0.4, 0.5) is 5.69 Å². The van der Waals surface area contributed by atoms with Crippen molar-refractivity contribution in [1.29, 1.82) is 0 Å². The molecule has 6 nitrogen and oxygen atoms in total. The van der Waals surface area contributed by atoms with Gasteiger partial charge >= 0.3 is 0 Å². The molecular formula is C15H14BrN5OS2. The van der Waals surface area contributed by atoms with Crippen molar-refractivity contribution in [3.63, 3.8) is 0 Å². The molecular weight excluding hydrogens is 410 g/mol. The van der Waals surface area contributed by atoms with Crippen LogP contribution in [0.15, 0.2) is 45.3 Å². The Balaban J connectivity index is 1.58. The van der Waals surface area contributed by atoms with Crippen molar-refractivity contribution in [3.05, 3.63) is 50.6 Å². The van der Waals surface area contributed by atoms with E-state index in [1.807, 2.05) is 42.6 Å². The maximum Gasteiger partial charge on any atom is 0.234 e. The Kier molecular flexibility index (Phi) is 5.64. The Bertz CT molecular complexity index is 834. The van der Waals surface area contributed by atoms with Crippen LogP contribution in [-0.4, -0.2) is 31.9 Å². The Morgan fingerprint density at radius 2 is 2.29 bits per heavy atom. The lowest BCUT2D eigenvalue weighted by Crippen LogP contribution is -2.15. The first kappa shape index (κ1) is 17.1. The Hall–Kier alpha value is -1.71. The Morgan fingerprint density at radius 3 is 3.04 bits per heavy atom. The number of nitrogens with zero attached hydrogens (tertiary/aromatic N) is 4. The van der Waals surface area contributed by atoms with Gasteiger partial charge in [-0.2, -0.15) is 0 Å². The molecule has 0 saturated heterocycles. The van der Waals surface area contributed by atoms with E-state index in [1.165, 1.54) is 11.8 Å². The molecule has 0 atom stereocenters. The highest BCUT2D eigenvalue weighted by molar-refractivity contribution is 9.10. The average molecular weight is 424 g/mol. The molecule has 0 fully saturated rings. The van der Waals surface area contributed by atoms with Gasteiger partial charge in [-0.1, -0.05) is 23.9 Å². The predicted molar refractivity (Wildman–Crippen MR) is 99.5 cm³/mol. The summed E-state index contributed by atoms with van der Waals surface area (Å²) in [6.07, 6.45) is 0. The van der Waals surface area contributed by atoms with Crippen molar-refractivity contribution in [2.45, 2.75) is 18.6 Å². The van der Waals surface area contributed by atoms with Gasteiger partial charge in [0.15, 0.2) is 0 Å². The van der Waals surface area contributed by atoms with Crippen molar-refractivity contribution >= 4 is 50.6 Å². The summed E-state index contributed by atoms with van der Waals surface area (Å²) in [6.45, 7) is 2.61. The van der Waals surface area contributed by atoms with Gasteiger partial charge in [0.05, 0.1) is 18.0 Å². The SMILES string of the molecule is Cc1ccc(NC(=O)CSc2nnnn2Cc2cccs2)c(Br)c1. The van der Waals surface area contributed by atoms with E-state index in [9.17, 15) is 4.79 Å². The zero-order chi connectivity index (χ0) is 16.9. The molecule has 9 heteroatoms. The van der Waals surface area contributed by atoms with E-state index in [4.69, 9.17) is 0 Å². The second kappa shape index (κ2) is 7.91. The van der Waals surface area contributed by atoms with Crippen molar-refractivity contribution in [3.8, 4) is 0 Å². The van der Waals surface area contributed by atoms with Crippen LogP contribution in [0.5, 0.6) is 0 Å². The number of thiophene rings is 1. The van der Waals surface area contributed by atoms with Gasteiger partial charge in [-0.25, -0.2) is 4.68 Å². The first-order valence-corrected chi connectivity index (χ1v) is 9.75. The van der Waals surface area contributed by atoms with E-state index < -0.39 is 0 Å². The van der Waals surface area contributed by atoms with Crippen LogP contribution in [0, 0.1) is 6.92 Å². The molecule has 0 spiro atoms. The number of halogens is 1. The largest absolute Gasteiger partial charge is 0.324 e. The minimum absolute atomic E-state index is 0.102. The molecule has 1 amide bonds. The molecule has 2 heterocycles. The molecule has 0 saturated carbocycles. The van der Waals surface area contributed by atoms with Crippen LogP contribution in [0.2, 0.25) is 0 Å². The molecule has 3 aromatic rings. The third kappa shape index (κ3) is 4.43. The molecule has 0 bridgehead atoms. The number of tetrazole rings is 1. The van der Waals surface area contributed by atoms with Crippen molar-refractivity contribution < 1.29 is 4.79 Å². The number of amides is 1. The van der Waals surface area contributed by atoms with Crippen molar-refractivity contribution in [2.75, 3.05) is 11.1 Å². The number of carbonyl (C=O) groups is 1. The van der Waals surface area contributed by atoms with Gasteiger partial charge in [-0.3, -0.25) is 4.79 Å². The molecule has 0 aliphatic carbocycles. The maximum absolute atomic E-state index is 12.1. The van der Waals surface area contributed by atoms with Gasteiger partial charge in [-0.05, 0) is 62.4 Å². The normalized spacial score (nSPS) is 10.8. The van der Waals surface area contributed by atoms with Crippen LogP contribution in [-0.2, 0) is 11.3 Å². The highest BCUT2D eigenvalue weighted by atomic mass is 79.9. The number of aromatic nitrogens is 4. The number of nitrogens with one attached hydrogen (secondary N) is 1. The molecule has 0 unspecified atom stereocenters. The average Bonchev–Trinajstić information content (AvgIpc) is 3.20. The van der Waals surface area contributed by atoms with Crippen molar-refractivity contribution in [2.24, 2.45) is 0 Å². The zero-order valence-electron chi connectivity index (χ0n) is 12.8. The standard InChI is InChI=1S/C15H14BrN5OS2/c1-10-4-5-13(12(16)7-10)17-14(22)9-24-15-18-19-20-21(15)8-11-3-2-6-23-11/h2-7H,8-9H2,1H3,(H,17,22). The summed E-state index contributed by atoms with van der Waals surface area (Å²) in [5.41, 5.74) is 1.88. The minimum Gasteiger partial charge on any atom is -0.324 e. The molecule has 1 aromatic carbocycles. The number of aryl methyl sites for hydroxylation is 1. The number of anilines is 1. The smallest absolute Gasteiger partial charge is 0.234 e. The van der Waals surface area contributed by atoms with E-state index in [0.29, 0.717) is 11.7 Å². The first-order valence-electron chi connectivity index (χ1n) is 7.09. The second-order valence-electron chi connectivity index (χ2n) is 5.02. The third-order valence-electron chi connectivity index (χ3n) is 3.12. The fourth-order valence-corrected chi connectivity index (χ4v) is 3.94. The molecule has 2 aromatic heterocycles. The van der Waals surface area contributed by atoms with Gasteiger partial charge in [-0.15, -0.1) is 16.4 Å². The topological polar surface area (TPSA) is 72.7 Å². The van der Waals surface area contributed by atoms with Gasteiger partial charge in [0, 0.05) is 9.35 Å². The van der Waals surface area contributed by atoms with Gasteiger partial charge in [0.25, 0.3) is 0 Å². The van der Waals surface area contributed by atoms with Crippen molar-refractivity contribution in [1.82, 2.24) is 20.2 Å². The summed E-state index contributed by atoms with van der Waals surface area (Å²) in [7, 11) is 0. The van der Waals surface area contributed by atoms with E-state index in [1.54, 1.807) is 16.0 Å². The van der Waals surface area contributed by atoms with E-state index in [2.05, 4.69) is 36.8 Å². The first-order chi connectivity index (χ1) is 11.6. The molecule has 0 aliphatic heterocycles. The monoisotopic (exact) mass is 423 g/mol. The van der Waals surface area contributed by atoms with Crippen LogP contribution in [0.1, 0.15) is 10.4 Å². The molecule has 0 aliphatic rings. The molecule has 124 valence electrons. The highest BCUT2D eigenvalue weighted by Crippen LogP contribution is 2.24. The summed E-state index contributed by atoms with van der Waals surface area (Å²) < 4.78 is 2.56. The Morgan fingerprint density at radius 1 is 1.42 bits per heavy atom. The molecule has 1 N–H and O–H groups in total. The zero-order valence-corrected chi connectivity index (χ0v) is 16.0. The van der Waals surface area contributed by atoms with Gasteiger partial charge in [0.1, 0.15) is 0 Å². The fraction of sp³-hybridized carbons (Fsp3) is 0.200. The number of rotatable bonds is 6. The quantitative estimate of drug-likeness (QED) is 0.613. The Labute approximate surface area is 155 Å². The number of carbonyl (C=O) groups excluding carboxylic acids is 1. The number of benzene rings is 1. The summed E-state index contributed by atoms with van der Waals surface area (Å²) in [5.74, 6) is 0.140. The number of thioether (sulfide) groups is 1. The van der Waals surface area contributed by atoms with Gasteiger partial charge < -0.3 is 5.32 Å². The summed E-state index contributed by atoms with van der Waals surface area (Å²) in [5, 5.41) is 17.2. The summed E-state index contributed by atoms with van der Waals surface area (Å²) >= 11 is 6.42. The van der Waals surface area contributed by atoms with Crippen LogP contribution in [0.25, 0.3) is 0 Å². The number of hydrogen-bond donors (Lipinski definition) is 1. The van der Waals surface area contributed by atoms with E-state index in [0.717, 1.165) is 20.6 Å². The van der Waals surface area contributed by atoms with Crippen LogP contribution in [0.3, 0.4) is 0 Å². The molecule has 0 radical (unpaired) electrons. The van der Waals surface area contributed by atoms with Gasteiger partial charge in [0.2, 0.25) is 11.1 Å². The van der Waals surface area contributed by atoms with Crippen LogP contribution >= 0.6 is 39.0 Å². The third-order valence-corrected chi connectivity index (χ3v) is 5.59. The summed E-state index contributed by atoms with van der Waals surface area (Å²) in [4.78, 5) is 13.3. The number of hydrogen-bond acceptors (Lipinski definition) is 6. The van der Waals surface area contributed by atoms with E-state index >= 15 is 0 Å². The summed E-state index contributed by atoms with van der Waals surface area (Å²) in [6, 6.07) is 9.81. The fourth-order valence-electron chi connectivity index (χ4n) is 1.99. The second-order valence-corrected chi connectivity index (χ2v) is 7.85. The lowest BCUT2D eigenvalue weighted by molar-refractivity contribution is -0.113. The lowest BCUT2D eigenvalue weighted by Gasteiger charge is -2.08. The molecule has 3 rings (SSSR count). The maximum atomic E-state index is 12.1. The lowest BCUT2D eigenvalue weighted by atomic mass is 10.2. The van der Waals surface area contributed by atoms with Crippen LogP contribution < -0.4 is 5.32 Å². The molecule has 24 heavy (non-hydrogen) atoms. The minimum atomic E-state index is -0.102. The highest BCUT2D eigenvalue weighted by Gasteiger charge is 2.12. The predicted octanol–water partition coefficient (Wildman–Crippen LogP) is 3.58. The van der Waals surface area contributed by atoms with E-state index in [-0.39, 0.29) is 11.7 Å².